The van der Waals surface area contributed by atoms with Crippen LogP contribution in [0.15, 0.2) is 42.6 Å². The molecule has 5 rings (SSSR count). The Morgan fingerprint density at radius 1 is 1.17 bits per heavy atom. The quantitative estimate of drug-likeness (QED) is 0.674. The molecule has 0 N–H and O–H groups in total. The zero-order chi connectivity index (χ0) is 20.7. The molecule has 7 nitrogen and oxygen atoms in total. The number of hydrogen-bond acceptors (Lipinski definition) is 4. The largest absolute Gasteiger partial charge is 0.338 e. The maximum Gasteiger partial charge on any atom is 0.290 e. The summed E-state index contributed by atoms with van der Waals surface area (Å²) >= 11 is 0. The Morgan fingerprint density at radius 3 is 2.87 bits per heavy atom. The first kappa shape index (κ1) is 18.8. The van der Waals surface area contributed by atoms with Gasteiger partial charge < -0.3 is 14.4 Å². The van der Waals surface area contributed by atoms with Gasteiger partial charge in [0, 0.05) is 37.9 Å². The number of pyridine rings is 1. The molecule has 1 fully saturated rings. The second kappa shape index (κ2) is 7.55. The van der Waals surface area contributed by atoms with Crippen LogP contribution in [0.5, 0.6) is 0 Å². The number of rotatable bonds is 3. The Labute approximate surface area is 175 Å². The summed E-state index contributed by atoms with van der Waals surface area (Å²) in [5, 5.41) is 0. The SMILES string of the molecule is CC1CCCN(C(=O)c2ccc3c(c2)nc2n3CCN(Cc3ccccn3)C2=O)C1. The number of piperidine rings is 1. The van der Waals surface area contributed by atoms with Crippen LogP contribution in [0.4, 0.5) is 0 Å². The van der Waals surface area contributed by atoms with Crippen molar-refractivity contribution >= 4 is 22.8 Å². The molecule has 30 heavy (non-hydrogen) atoms. The summed E-state index contributed by atoms with van der Waals surface area (Å²) in [4.78, 5) is 38.6. The lowest BCUT2D eigenvalue weighted by molar-refractivity contribution is 0.0676. The normalized spacial score (nSPS) is 19.2. The number of carbonyl (C=O) groups is 2. The third-order valence-electron chi connectivity index (χ3n) is 6.09. The molecule has 0 spiro atoms. The lowest BCUT2D eigenvalue weighted by Crippen LogP contribution is -2.40. The minimum atomic E-state index is -0.0964. The Morgan fingerprint density at radius 2 is 2.07 bits per heavy atom. The van der Waals surface area contributed by atoms with Crippen molar-refractivity contribution in [2.45, 2.75) is 32.9 Å². The number of benzene rings is 1. The van der Waals surface area contributed by atoms with E-state index in [0.29, 0.717) is 42.5 Å². The molecular formula is C23H25N5O2. The van der Waals surface area contributed by atoms with Crippen LogP contribution in [0.1, 0.15) is 46.4 Å². The molecule has 1 atom stereocenters. The van der Waals surface area contributed by atoms with E-state index in [1.807, 2.05) is 45.9 Å². The Kier molecular flexibility index (Phi) is 4.73. The fourth-order valence-corrected chi connectivity index (χ4v) is 4.51. The van der Waals surface area contributed by atoms with Crippen LogP contribution in [0.25, 0.3) is 11.0 Å². The van der Waals surface area contributed by atoms with Crippen molar-refractivity contribution in [2.24, 2.45) is 5.92 Å². The number of aromatic nitrogens is 3. The summed E-state index contributed by atoms with van der Waals surface area (Å²) in [7, 11) is 0. The number of hydrogen-bond donors (Lipinski definition) is 0. The molecule has 2 aliphatic rings. The molecule has 2 amide bonds. The highest BCUT2D eigenvalue weighted by atomic mass is 16.2. The van der Waals surface area contributed by atoms with Crippen molar-refractivity contribution in [3.05, 3.63) is 59.7 Å². The van der Waals surface area contributed by atoms with Crippen molar-refractivity contribution in [1.82, 2.24) is 24.3 Å². The molecule has 2 aliphatic heterocycles. The number of amides is 2. The molecule has 0 saturated carbocycles. The fourth-order valence-electron chi connectivity index (χ4n) is 4.51. The van der Waals surface area contributed by atoms with Crippen LogP contribution in [0.2, 0.25) is 0 Å². The van der Waals surface area contributed by atoms with E-state index < -0.39 is 0 Å². The second-order valence-electron chi connectivity index (χ2n) is 8.34. The van der Waals surface area contributed by atoms with Crippen molar-refractivity contribution in [3.8, 4) is 0 Å². The first-order valence-corrected chi connectivity index (χ1v) is 10.6. The highest BCUT2D eigenvalue weighted by Gasteiger charge is 2.29. The van der Waals surface area contributed by atoms with Gasteiger partial charge in [-0.2, -0.15) is 0 Å². The van der Waals surface area contributed by atoms with Gasteiger partial charge in [-0.25, -0.2) is 4.98 Å². The van der Waals surface area contributed by atoms with Gasteiger partial charge in [0.25, 0.3) is 11.8 Å². The van der Waals surface area contributed by atoms with Gasteiger partial charge in [0.15, 0.2) is 5.82 Å². The topological polar surface area (TPSA) is 71.3 Å². The smallest absolute Gasteiger partial charge is 0.290 e. The Bertz CT molecular complexity index is 1110. The Hall–Kier alpha value is -3.22. The van der Waals surface area contributed by atoms with E-state index in [9.17, 15) is 9.59 Å². The van der Waals surface area contributed by atoms with E-state index in [2.05, 4.69) is 16.9 Å². The summed E-state index contributed by atoms with van der Waals surface area (Å²) in [6.07, 6.45) is 3.96. The number of fused-ring (bicyclic) bond motifs is 3. The number of imidazole rings is 1. The predicted molar refractivity (Wildman–Crippen MR) is 113 cm³/mol. The molecule has 0 radical (unpaired) electrons. The molecule has 1 unspecified atom stereocenters. The lowest BCUT2D eigenvalue weighted by Gasteiger charge is -2.31. The van der Waals surface area contributed by atoms with Gasteiger partial charge in [-0.1, -0.05) is 13.0 Å². The van der Waals surface area contributed by atoms with E-state index in [4.69, 9.17) is 0 Å². The highest BCUT2D eigenvalue weighted by molar-refractivity contribution is 6.00. The maximum absolute atomic E-state index is 13.0. The van der Waals surface area contributed by atoms with Gasteiger partial charge in [0.1, 0.15) is 0 Å². The molecule has 0 aliphatic carbocycles. The number of likely N-dealkylation sites (tertiary alicyclic amines) is 1. The Balaban J connectivity index is 1.41. The monoisotopic (exact) mass is 403 g/mol. The van der Waals surface area contributed by atoms with Crippen LogP contribution >= 0.6 is 0 Å². The lowest BCUT2D eigenvalue weighted by atomic mass is 9.99. The molecule has 4 heterocycles. The standard InChI is InChI=1S/C23H25N5O2/c1-16-5-4-10-26(14-16)22(29)17-7-8-20-19(13-17)25-21-23(30)27(11-12-28(20)21)15-18-6-2-3-9-24-18/h2-3,6-9,13,16H,4-5,10-12,14-15H2,1H3. The summed E-state index contributed by atoms with van der Waals surface area (Å²) in [5.74, 6) is 0.927. The predicted octanol–water partition coefficient (Wildman–Crippen LogP) is 2.96. The third-order valence-corrected chi connectivity index (χ3v) is 6.09. The molecular weight excluding hydrogens is 378 g/mol. The zero-order valence-electron chi connectivity index (χ0n) is 17.1. The van der Waals surface area contributed by atoms with Crippen LogP contribution in [-0.4, -0.2) is 55.8 Å². The zero-order valence-corrected chi connectivity index (χ0v) is 17.1. The molecule has 2 aromatic heterocycles. The van der Waals surface area contributed by atoms with Crippen LogP contribution in [0, 0.1) is 5.92 Å². The van der Waals surface area contributed by atoms with Gasteiger partial charge in [-0.05, 0) is 49.1 Å². The molecule has 154 valence electrons. The van der Waals surface area contributed by atoms with Gasteiger partial charge in [0.05, 0.1) is 23.3 Å². The van der Waals surface area contributed by atoms with E-state index in [-0.39, 0.29) is 11.8 Å². The summed E-state index contributed by atoms with van der Waals surface area (Å²) in [5.41, 5.74) is 3.11. The van der Waals surface area contributed by atoms with Crippen molar-refractivity contribution in [1.29, 1.82) is 0 Å². The van der Waals surface area contributed by atoms with E-state index in [1.54, 1.807) is 11.1 Å². The van der Waals surface area contributed by atoms with E-state index in [0.717, 1.165) is 30.7 Å². The first-order valence-electron chi connectivity index (χ1n) is 10.6. The molecule has 3 aromatic rings. The van der Waals surface area contributed by atoms with Crippen LogP contribution < -0.4 is 0 Å². The van der Waals surface area contributed by atoms with Crippen molar-refractivity contribution < 1.29 is 9.59 Å². The van der Waals surface area contributed by atoms with Crippen molar-refractivity contribution in [3.63, 3.8) is 0 Å². The summed E-state index contributed by atoms with van der Waals surface area (Å²) in [6.45, 7) is 5.56. The van der Waals surface area contributed by atoms with Gasteiger partial charge in [0.2, 0.25) is 0 Å². The first-order chi connectivity index (χ1) is 14.6. The minimum Gasteiger partial charge on any atom is -0.338 e. The average Bonchev–Trinajstić information content (AvgIpc) is 3.14. The fraction of sp³-hybridized carbons (Fsp3) is 0.391. The summed E-state index contributed by atoms with van der Waals surface area (Å²) < 4.78 is 1.96. The average molecular weight is 403 g/mol. The van der Waals surface area contributed by atoms with Gasteiger partial charge in [-0.15, -0.1) is 0 Å². The molecule has 0 bridgehead atoms. The van der Waals surface area contributed by atoms with Crippen molar-refractivity contribution in [2.75, 3.05) is 19.6 Å². The molecule has 1 saturated heterocycles. The number of carbonyl (C=O) groups excluding carboxylic acids is 2. The molecule has 1 aromatic carbocycles. The van der Waals surface area contributed by atoms with E-state index >= 15 is 0 Å². The van der Waals surface area contributed by atoms with E-state index in [1.165, 1.54) is 6.42 Å². The molecule has 7 heteroatoms. The van der Waals surface area contributed by atoms with Crippen LogP contribution in [0.3, 0.4) is 0 Å². The number of nitrogens with zero attached hydrogens (tertiary/aromatic N) is 5. The maximum atomic E-state index is 13.0. The third kappa shape index (κ3) is 3.34. The second-order valence-corrected chi connectivity index (χ2v) is 8.34. The highest BCUT2D eigenvalue weighted by Crippen LogP contribution is 2.24. The van der Waals surface area contributed by atoms with Crippen LogP contribution in [-0.2, 0) is 13.1 Å². The van der Waals surface area contributed by atoms with Gasteiger partial charge in [-0.3, -0.25) is 14.6 Å². The minimum absolute atomic E-state index is 0.0533. The van der Waals surface area contributed by atoms with Gasteiger partial charge >= 0.3 is 0 Å². The summed E-state index contributed by atoms with van der Waals surface area (Å²) in [6, 6.07) is 11.3.